The molecule has 0 aromatic heterocycles. The number of halogens is 2. The molecule has 47 heavy (non-hydrogen) atoms. The third kappa shape index (κ3) is 10.1. The Morgan fingerprint density at radius 3 is 2.21 bits per heavy atom. The van der Waals surface area contributed by atoms with Gasteiger partial charge >= 0.3 is 0 Å². The number of hydrogen-bond acceptors (Lipinski definition) is 5. The van der Waals surface area contributed by atoms with Gasteiger partial charge in [0.05, 0.1) is 17.2 Å². The monoisotopic (exact) mass is 739 g/mol. The molecule has 0 bridgehead atoms. The highest BCUT2D eigenvalue weighted by Gasteiger charge is 2.34. The summed E-state index contributed by atoms with van der Waals surface area (Å²) in [5, 5.41) is 3.38. The second-order valence-corrected chi connectivity index (χ2v) is 14.1. The van der Waals surface area contributed by atoms with Crippen molar-refractivity contribution < 1.29 is 22.7 Å². The van der Waals surface area contributed by atoms with Crippen molar-refractivity contribution in [3.05, 3.63) is 124 Å². The molecule has 0 aliphatic heterocycles. The summed E-state index contributed by atoms with van der Waals surface area (Å²) in [6, 6.07) is 28.3. The van der Waals surface area contributed by atoms with Gasteiger partial charge in [0.15, 0.2) is 0 Å². The summed E-state index contributed by atoms with van der Waals surface area (Å²) < 4.78 is 35.8. The zero-order valence-electron chi connectivity index (χ0n) is 26.4. The van der Waals surface area contributed by atoms with Gasteiger partial charge in [-0.25, -0.2) is 8.42 Å². The number of ether oxygens (including phenoxy) is 1. The zero-order chi connectivity index (χ0) is 33.8. The Hall–Kier alpha value is -3.86. The maximum atomic E-state index is 14.6. The number of rotatable bonds is 16. The number of anilines is 1. The number of unbranched alkanes of at least 4 members (excludes halogenated alkanes) is 1. The molecule has 1 atom stereocenters. The number of sulfonamides is 1. The maximum Gasteiger partial charge on any atom is 0.264 e. The van der Waals surface area contributed by atoms with Crippen LogP contribution in [0, 0.1) is 0 Å². The number of nitrogens with one attached hydrogen (secondary N) is 1. The lowest BCUT2D eigenvalue weighted by Crippen LogP contribution is -2.53. The van der Waals surface area contributed by atoms with Crippen LogP contribution in [0.4, 0.5) is 5.69 Å². The van der Waals surface area contributed by atoms with E-state index in [1.54, 1.807) is 24.3 Å². The summed E-state index contributed by atoms with van der Waals surface area (Å²) in [5.74, 6) is -0.281. The molecule has 0 heterocycles. The van der Waals surface area contributed by atoms with Gasteiger partial charge in [0, 0.05) is 29.0 Å². The molecule has 4 rings (SSSR count). The second kappa shape index (κ2) is 17.3. The van der Waals surface area contributed by atoms with Crippen LogP contribution in [0.5, 0.6) is 5.75 Å². The van der Waals surface area contributed by atoms with Gasteiger partial charge in [0.25, 0.3) is 10.0 Å². The lowest BCUT2D eigenvalue weighted by molar-refractivity contribution is -0.140. The van der Waals surface area contributed by atoms with E-state index in [4.69, 9.17) is 16.3 Å². The molecule has 0 saturated heterocycles. The van der Waals surface area contributed by atoms with Crippen molar-refractivity contribution in [3.63, 3.8) is 0 Å². The fourth-order valence-electron chi connectivity index (χ4n) is 5.03. The van der Waals surface area contributed by atoms with E-state index in [0.717, 1.165) is 32.7 Å². The van der Waals surface area contributed by atoms with Crippen LogP contribution >= 0.6 is 27.5 Å². The van der Waals surface area contributed by atoms with E-state index in [-0.39, 0.29) is 29.5 Å². The minimum absolute atomic E-state index is 0.0275. The van der Waals surface area contributed by atoms with Gasteiger partial charge in [-0.2, -0.15) is 0 Å². The first-order valence-corrected chi connectivity index (χ1v) is 18.1. The van der Waals surface area contributed by atoms with E-state index in [2.05, 4.69) is 21.2 Å². The number of carbonyl (C=O) groups is 2. The smallest absolute Gasteiger partial charge is 0.264 e. The van der Waals surface area contributed by atoms with Gasteiger partial charge in [-0.1, -0.05) is 83.3 Å². The topological polar surface area (TPSA) is 96.0 Å². The number of benzene rings is 4. The average Bonchev–Trinajstić information content (AvgIpc) is 3.06. The SMILES string of the molecule is CCCCNC(=O)[C@H](Cc1ccccc1)N(Cc1cccc(Br)c1)C(=O)CN(c1ccc(OCC)cc1)S(=O)(=O)c1ccc(Cl)cc1. The Balaban J connectivity index is 1.79. The molecule has 0 fully saturated rings. The van der Waals surface area contributed by atoms with E-state index in [0.29, 0.717) is 23.9 Å². The predicted octanol–water partition coefficient (Wildman–Crippen LogP) is 7.25. The molecule has 2 amide bonds. The summed E-state index contributed by atoms with van der Waals surface area (Å²) >= 11 is 9.58. The van der Waals surface area contributed by atoms with Crippen LogP contribution in [-0.4, -0.2) is 50.9 Å². The predicted molar refractivity (Wildman–Crippen MR) is 190 cm³/mol. The third-order valence-corrected chi connectivity index (χ3v) is 9.99. The minimum atomic E-state index is -4.25. The normalized spacial score (nSPS) is 11.8. The van der Waals surface area contributed by atoms with Gasteiger partial charge in [0.1, 0.15) is 18.3 Å². The highest BCUT2D eigenvalue weighted by Crippen LogP contribution is 2.28. The maximum absolute atomic E-state index is 14.6. The highest BCUT2D eigenvalue weighted by atomic mass is 79.9. The van der Waals surface area contributed by atoms with E-state index in [9.17, 15) is 18.0 Å². The van der Waals surface area contributed by atoms with Gasteiger partial charge in [-0.3, -0.25) is 13.9 Å². The van der Waals surface area contributed by atoms with E-state index < -0.39 is 28.5 Å². The molecule has 4 aromatic carbocycles. The Morgan fingerprint density at radius 1 is 0.894 bits per heavy atom. The van der Waals surface area contributed by atoms with Crippen molar-refractivity contribution in [1.82, 2.24) is 10.2 Å². The lowest BCUT2D eigenvalue weighted by Gasteiger charge is -2.34. The largest absolute Gasteiger partial charge is 0.494 e. The molecular formula is C36H39BrClN3O5S. The highest BCUT2D eigenvalue weighted by molar-refractivity contribution is 9.10. The first-order valence-electron chi connectivity index (χ1n) is 15.5. The molecule has 0 unspecified atom stereocenters. The third-order valence-electron chi connectivity index (χ3n) is 7.46. The number of hydrogen-bond donors (Lipinski definition) is 1. The van der Waals surface area contributed by atoms with Crippen LogP contribution in [0.1, 0.15) is 37.8 Å². The summed E-state index contributed by atoms with van der Waals surface area (Å²) in [5.41, 5.74) is 1.92. The average molecular weight is 741 g/mol. The minimum Gasteiger partial charge on any atom is -0.494 e. The van der Waals surface area contributed by atoms with Crippen LogP contribution < -0.4 is 14.4 Å². The first-order chi connectivity index (χ1) is 22.6. The van der Waals surface area contributed by atoms with Crippen molar-refractivity contribution in [2.45, 2.75) is 50.6 Å². The van der Waals surface area contributed by atoms with Crippen LogP contribution in [0.3, 0.4) is 0 Å². The van der Waals surface area contributed by atoms with Crippen molar-refractivity contribution >= 4 is 55.1 Å². The fraction of sp³-hybridized carbons (Fsp3) is 0.278. The number of nitrogens with zero attached hydrogens (tertiary/aromatic N) is 2. The molecule has 248 valence electrons. The van der Waals surface area contributed by atoms with Gasteiger partial charge in [0.2, 0.25) is 11.8 Å². The molecule has 0 aliphatic rings. The van der Waals surface area contributed by atoms with Gasteiger partial charge < -0.3 is 15.0 Å². The Labute approximate surface area is 290 Å². The number of carbonyl (C=O) groups excluding carboxylic acids is 2. The van der Waals surface area contributed by atoms with Crippen LogP contribution in [0.15, 0.2) is 112 Å². The molecule has 0 saturated carbocycles. The molecule has 0 spiro atoms. The quantitative estimate of drug-likeness (QED) is 0.122. The molecule has 8 nitrogen and oxygen atoms in total. The molecule has 0 aliphatic carbocycles. The van der Waals surface area contributed by atoms with Crippen LogP contribution in [-0.2, 0) is 32.6 Å². The van der Waals surface area contributed by atoms with Gasteiger partial charge in [-0.15, -0.1) is 0 Å². The standard InChI is InChI=1S/C36H39BrClN3O5S/c1-3-5-22-39-36(43)34(24-27-10-7-6-8-11-27)40(25-28-12-9-13-29(37)23-28)35(42)26-41(31-16-18-32(19-17-31)46-4-2)47(44,45)33-20-14-30(38)15-21-33/h6-21,23,34H,3-5,22,24-26H2,1-2H3,(H,39,43)/t34-/m0/s1. The van der Waals surface area contributed by atoms with E-state index in [1.807, 2.05) is 68.4 Å². The lowest BCUT2D eigenvalue weighted by atomic mass is 10.0. The van der Waals surface area contributed by atoms with E-state index in [1.165, 1.54) is 29.2 Å². The molecule has 4 aromatic rings. The molecular weight excluding hydrogens is 702 g/mol. The van der Waals surface area contributed by atoms with Crippen molar-refractivity contribution in [2.24, 2.45) is 0 Å². The summed E-state index contributed by atoms with van der Waals surface area (Å²) in [7, 11) is -4.25. The van der Waals surface area contributed by atoms with Crippen LogP contribution in [0.25, 0.3) is 0 Å². The molecule has 1 N–H and O–H groups in total. The van der Waals surface area contributed by atoms with Crippen molar-refractivity contribution in [1.29, 1.82) is 0 Å². The summed E-state index contributed by atoms with van der Waals surface area (Å²) in [4.78, 5) is 29.9. The van der Waals surface area contributed by atoms with Crippen LogP contribution in [0.2, 0.25) is 5.02 Å². The van der Waals surface area contributed by atoms with E-state index >= 15 is 0 Å². The summed E-state index contributed by atoms with van der Waals surface area (Å²) in [6.07, 6.45) is 1.92. The van der Waals surface area contributed by atoms with Crippen molar-refractivity contribution in [3.8, 4) is 5.75 Å². The van der Waals surface area contributed by atoms with Gasteiger partial charge in [-0.05, 0) is 85.1 Å². The summed E-state index contributed by atoms with van der Waals surface area (Å²) in [6.45, 7) is 4.32. The Kier molecular flexibility index (Phi) is 13.3. The first kappa shape index (κ1) is 36.0. The molecule has 11 heteroatoms. The molecule has 0 radical (unpaired) electrons. The van der Waals surface area contributed by atoms with Crippen molar-refractivity contribution in [2.75, 3.05) is 24.0 Å². The Morgan fingerprint density at radius 2 is 1.57 bits per heavy atom. The second-order valence-electron chi connectivity index (χ2n) is 10.9. The fourth-order valence-corrected chi connectivity index (χ4v) is 7.02. The zero-order valence-corrected chi connectivity index (χ0v) is 29.6. The number of amides is 2. The Bertz CT molecular complexity index is 1720.